The second-order valence-corrected chi connectivity index (χ2v) is 7.54. The largest absolute Gasteiger partial charge is 0.354 e. The fourth-order valence-corrected chi connectivity index (χ4v) is 3.59. The zero-order valence-corrected chi connectivity index (χ0v) is 17.9. The number of amides is 2. The lowest BCUT2D eigenvalue weighted by Gasteiger charge is -2.09. The van der Waals surface area contributed by atoms with Crippen LogP contribution >= 0.6 is 11.6 Å². The standard InChI is InChI=1S/C21H24ClN5O3/c1-12-16(21(30)25-19-18(12)13(2)26-27(19)3)8-9-17(28)23-10-11-24-20(29)14-4-6-15(22)7-5-14/h4-7H,8-11H2,1-3H3,(H,23,28)(H,24,29)(H,25,30). The molecule has 0 aliphatic heterocycles. The van der Waals surface area contributed by atoms with Crippen molar-refractivity contribution in [3.63, 3.8) is 0 Å². The second-order valence-electron chi connectivity index (χ2n) is 7.10. The quantitative estimate of drug-likeness (QED) is 0.499. The summed E-state index contributed by atoms with van der Waals surface area (Å²) >= 11 is 5.80. The van der Waals surface area contributed by atoms with Crippen LogP contribution in [0.15, 0.2) is 29.1 Å². The number of H-pyrrole nitrogens is 1. The van der Waals surface area contributed by atoms with Crippen LogP contribution in [0, 0.1) is 13.8 Å². The number of carbonyl (C=O) groups excluding carboxylic acids is 2. The Morgan fingerprint density at radius 1 is 1.13 bits per heavy atom. The van der Waals surface area contributed by atoms with E-state index >= 15 is 0 Å². The smallest absolute Gasteiger partial charge is 0.253 e. The number of fused-ring (bicyclic) bond motifs is 1. The molecular weight excluding hydrogens is 406 g/mol. The summed E-state index contributed by atoms with van der Waals surface area (Å²) in [7, 11) is 1.78. The molecule has 3 rings (SSSR count). The molecule has 0 radical (unpaired) electrons. The van der Waals surface area contributed by atoms with Crippen LogP contribution in [0.4, 0.5) is 0 Å². The van der Waals surface area contributed by atoms with Gasteiger partial charge in [0.15, 0.2) is 0 Å². The van der Waals surface area contributed by atoms with Crippen molar-refractivity contribution in [3.05, 3.63) is 62.0 Å². The number of benzene rings is 1. The van der Waals surface area contributed by atoms with Gasteiger partial charge in [-0.15, -0.1) is 0 Å². The monoisotopic (exact) mass is 429 g/mol. The lowest BCUT2D eigenvalue weighted by atomic mass is 10.0. The first-order chi connectivity index (χ1) is 14.3. The van der Waals surface area contributed by atoms with Crippen molar-refractivity contribution in [2.24, 2.45) is 7.05 Å². The zero-order chi connectivity index (χ0) is 21.8. The number of nitrogens with one attached hydrogen (secondary N) is 3. The van der Waals surface area contributed by atoms with E-state index in [1.54, 1.807) is 36.0 Å². The third-order valence-corrected chi connectivity index (χ3v) is 5.25. The molecule has 0 saturated carbocycles. The first-order valence-electron chi connectivity index (χ1n) is 9.63. The number of rotatable bonds is 7. The molecule has 1 aromatic carbocycles. The van der Waals surface area contributed by atoms with Gasteiger partial charge >= 0.3 is 0 Å². The lowest BCUT2D eigenvalue weighted by molar-refractivity contribution is -0.121. The summed E-state index contributed by atoms with van der Waals surface area (Å²) in [5.41, 5.74) is 3.25. The molecule has 3 aromatic rings. The van der Waals surface area contributed by atoms with Crippen LogP contribution in [0.25, 0.3) is 11.0 Å². The van der Waals surface area contributed by atoms with Crippen molar-refractivity contribution in [3.8, 4) is 0 Å². The van der Waals surface area contributed by atoms with Gasteiger partial charge in [-0.3, -0.25) is 19.1 Å². The van der Waals surface area contributed by atoms with E-state index < -0.39 is 0 Å². The fourth-order valence-electron chi connectivity index (χ4n) is 3.46. The summed E-state index contributed by atoms with van der Waals surface area (Å²) in [5, 5.41) is 11.3. The summed E-state index contributed by atoms with van der Waals surface area (Å²) in [6.07, 6.45) is 0.508. The van der Waals surface area contributed by atoms with Gasteiger partial charge in [-0.1, -0.05) is 11.6 Å². The molecule has 0 unspecified atom stereocenters. The molecule has 8 nitrogen and oxygen atoms in total. The maximum absolute atomic E-state index is 12.4. The van der Waals surface area contributed by atoms with Gasteiger partial charge in [0.1, 0.15) is 5.65 Å². The molecular formula is C21H24ClN5O3. The van der Waals surface area contributed by atoms with Crippen LogP contribution in [-0.4, -0.2) is 39.7 Å². The molecule has 9 heteroatoms. The molecule has 3 N–H and O–H groups in total. The Labute approximate surface area is 178 Å². The van der Waals surface area contributed by atoms with Crippen LogP contribution < -0.4 is 16.2 Å². The Hall–Kier alpha value is -3.13. The normalized spacial score (nSPS) is 10.9. The highest BCUT2D eigenvalue weighted by atomic mass is 35.5. The number of carbonyl (C=O) groups is 2. The Kier molecular flexibility index (Phi) is 6.56. The van der Waals surface area contributed by atoms with Gasteiger partial charge in [0.05, 0.1) is 5.69 Å². The zero-order valence-electron chi connectivity index (χ0n) is 17.1. The fraction of sp³-hybridized carbons (Fsp3) is 0.333. The van der Waals surface area contributed by atoms with Crippen LogP contribution in [-0.2, 0) is 18.3 Å². The molecule has 0 aliphatic rings. The maximum atomic E-state index is 12.4. The molecule has 2 aromatic heterocycles. The Morgan fingerprint density at radius 2 is 1.80 bits per heavy atom. The van der Waals surface area contributed by atoms with Crippen LogP contribution in [0.5, 0.6) is 0 Å². The van der Waals surface area contributed by atoms with Crippen molar-refractivity contribution in [2.75, 3.05) is 13.1 Å². The maximum Gasteiger partial charge on any atom is 0.253 e. The molecule has 0 spiro atoms. The topological polar surface area (TPSA) is 109 Å². The van der Waals surface area contributed by atoms with Crippen molar-refractivity contribution in [2.45, 2.75) is 26.7 Å². The van der Waals surface area contributed by atoms with E-state index in [1.807, 2.05) is 13.8 Å². The van der Waals surface area contributed by atoms with Crippen molar-refractivity contribution in [1.29, 1.82) is 0 Å². The summed E-state index contributed by atoms with van der Waals surface area (Å²) in [4.78, 5) is 39.5. The third kappa shape index (κ3) is 4.71. The Balaban J connectivity index is 1.50. The number of aryl methyl sites for hydroxylation is 3. The highest BCUT2D eigenvalue weighted by Crippen LogP contribution is 2.21. The second kappa shape index (κ2) is 9.13. The first-order valence-corrected chi connectivity index (χ1v) is 10.0. The van der Waals surface area contributed by atoms with E-state index in [-0.39, 0.29) is 23.8 Å². The van der Waals surface area contributed by atoms with Crippen molar-refractivity contribution < 1.29 is 9.59 Å². The Morgan fingerprint density at radius 3 is 2.50 bits per heavy atom. The van der Waals surface area contributed by atoms with Crippen LogP contribution in [0.1, 0.15) is 33.6 Å². The number of aromatic nitrogens is 3. The molecule has 0 atom stereocenters. The molecule has 2 heterocycles. The molecule has 2 amide bonds. The van der Waals surface area contributed by atoms with E-state index in [4.69, 9.17) is 11.6 Å². The average molecular weight is 430 g/mol. The average Bonchev–Trinajstić information content (AvgIpc) is 2.98. The highest BCUT2D eigenvalue weighted by molar-refractivity contribution is 6.30. The minimum Gasteiger partial charge on any atom is -0.354 e. The van der Waals surface area contributed by atoms with Gasteiger partial charge in [0, 0.05) is 48.1 Å². The number of pyridine rings is 1. The molecule has 0 saturated heterocycles. The van der Waals surface area contributed by atoms with Crippen molar-refractivity contribution in [1.82, 2.24) is 25.4 Å². The minimum atomic E-state index is -0.233. The van der Waals surface area contributed by atoms with Crippen LogP contribution in [0.2, 0.25) is 5.02 Å². The molecule has 0 aliphatic carbocycles. The number of hydrogen-bond donors (Lipinski definition) is 3. The van der Waals surface area contributed by atoms with Gasteiger partial charge in [-0.05, 0) is 50.1 Å². The predicted octanol–water partition coefficient (Wildman–Crippen LogP) is 2.01. The SMILES string of the molecule is Cc1nn(C)c2[nH]c(=O)c(CCC(=O)NCCNC(=O)c3ccc(Cl)cc3)c(C)c12. The van der Waals surface area contributed by atoms with Gasteiger partial charge in [-0.2, -0.15) is 5.10 Å². The Bertz CT molecular complexity index is 1150. The highest BCUT2D eigenvalue weighted by Gasteiger charge is 2.15. The van der Waals surface area contributed by atoms with Crippen LogP contribution in [0.3, 0.4) is 0 Å². The minimum absolute atomic E-state index is 0.180. The molecule has 30 heavy (non-hydrogen) atoms. The number of aromatic amines is 1. The van der Waals surface area contributed by atoms with Gasteiger partial charge in [0.25, 0.3) is 11.5 Å². The van der Waals surface area contributed by atoms with E-state index in [2.05, 4.69) is 20.7 Å². The number of halogens is 1. The molecule has 158 valence electrons. The van der Waals surface area contributed by atoms with Gasteiger partial charge < -0.3 is 15.6 Å². The van der Waals surface area contributed by atoms with E-state index in [9.17, 15) is 14.4 Å². The first kappa shape index (κ1) is 21.6. The number of hydrogen-bond acceptors (Lipinski definition) is 4. The van der Waals surface area contributed by atoms with E-state index in [1.165, 1.54) is 0 Å². The third-order valence-electron chi connectivity index (χ3n) is 5.00. The van der Waals surface area contributed by atoms with Gasteiger partial charge in [0.2, 0.25) is 5.91 Å². The molecule has 0 fully saturated rings. The van der Waals surface area contributed by atoms with E-state index in [0.29, 0.717) is 41.3 Å². The molecule has 0 bridgehead atoms. The predicted molar refractivity (Wildman–Crippen MR) is 116 cm³/mol. The number of nitrogens with zero attached hydrogens (tertiary/aromatic N) is 2. The summed E-state index contributed by atoms with van der Waals surface area (Å²) in [6.45, 7) is 4.37. The summed E-state index contributed by atoms with van der Waals surface area (Å²) in [6, 6.07) is 6.56. The van der Waals surface area contributed by atoms with Crippen molar-refractivity contribution >= 4 is 34.4 Å². The summed E-state index contributed by atoms with van der Waals surface area (Å²) in [5.74, 6) is -0.416. The lowest BCUT2D eigenvalue weighted by Crippen LogP contribution is -2.35. The van der Waals surface area contributed by atoms with E-state index in [0.717, 1.165) is 16.6 Å². The summed E-state index contributed by atoms with van der Waals surface area (Å²) < 4.78 is 1.65. The van der Waals surface area contributed by atoms with Gasteiger partial charge in [-0.25, -0.2) is 0 Å².